The van der Waals surface area contributed by atoms with E-state index in [-0.39, 0.29) is 11.8 Å². The molecule has 0 amide bonds. The fraction of sp³-hybridized carbons (Fsp3) is 0.667. The van der Waals surface area contributed by atoms with Crippen LogP contribution in [-0.2, 0) is 0 Å². The van der Waals surface area contributed by atoms with Crippen molar-refractivity contribution in [3.63, 3.8) is 0 Å². The summed E-state index contributed by atoms with van der Waals surface area (Å²) in [6.07, 6.45) is 6.07. The summed E-state index contributed by atoms with van der Waals surface area (Å²) in [5.74, 6) is 1.33. The van der Waals surface area contributed by atoms with Crippen LogP contribution in [0.2, 0.25) is 0 Å². The van der Waals surface area contributed by atoms with Crippen molar-refractivity contribution in [2.45, 2.75) is 45.1 Å². The number of aromatic hydroxyl groups is 1. The molecule has 2 N–H and O–H groups in total. The molecule has 1 aliphatic carbocycles. The van der Waals surface area contributed by atoms with Crippen LogP contribution in [0.25, 0.3) is 0 Å². The van der Waals surface area contributed by atoms with Crippen molar-refractivity contribution in [1.29, 1.82) is 0 Å². The maximum Gasteiger partial charge on any atom is 0.210 e. The van der Waals surface area contributed by atoms with Gasteiger partial charge in [0.15, 0.2) is 0 Å². The molecule has 19 heavy (non-hydrogen) atoms. The van der Waals surface area contributed by atoms with E-state index in [0.717, 1.165) is 12.8 Å². The first-order chi connectivity index (χ1) is 8.97. The summed E-state index contributed by atoms with van der Waals surface area (Å²) in [6, 6.07) is 3.23. The molecular weight excluding hydrogens is 242 g/mol. The van der Waals surface area contributed by atoms with E-state index in [4.69, 9.17) is 9.84 Å². The molecule has 1 aromatic rings. The van der Waals surface area contributed by atoms with Crippen LogP contribution in [0.5, 0.6) is 11.6 Å². The molecule has 1 aromatic heterocycles. The summed E-state index contributed by atoms with van der Waals surface area (Å²) < 4.78 is 5.74. The SMILES string of the molecule is CC(C)(O)C1CCCCC1COc1ccc(O)nc1. The van der Waals surface area contributed by atoms with Crippen molar-refractivity contribution < 1.29 is 14.9 Å². The standard InChI is InChI=1S/C15H23NO3/c1-15(2,18)13-6-4-3-5-11(13)10-19-12-7-8-14(17)16-9-12/h7-9,11,13,18H,3-6,10H2,1-2H3,(H,16,17). The molecule has 2 unspecified atom stereocenters. The maximum absolute atomic E-state index is 10.2. The number of ether oxygens (including phenoxy) is 1. The van der Waals surface area contributed by atoms with E-state index in [1.165, 1.54) is 25.1 Å². The Hall–Kier alpha value is -1.29. The minimum atomic E-state index is -0.651. The van der Waals surface area contributed by atoms with Crippen molar-refractivity contribution >= 4 is 0 Å². The second kappa shape index (κ2) is 5.78. The summed E-state index contributed by atoms with van der Waals surface area (Å²) in [4.78, 5) is 3.79. The molecule has 1 heterocycles. The fourth-order valence-corrected chi connectivity index (χ4v) is 3.00. The first kappa shape index (κ1) is 14.1. The van der Waals surface area contributed by atoms with Gasteiger partial charge in [-0.2, -0.15) is 0 Å². The Kier molecular flexibility index (Phi) is 4.30. The highest BCUT2D eigenvalue weighted by molar-refractivity contribution is 5.21. The lowest BCUT2D eigenvalue weighted by Gasteiger charge is -2.39. The van der Waals surface area contributed by atoms with Gasteiger partial charge in [0, 0.05) is 6.07 Å². The van der Waals surface area contributed by atoms with Gasteiger partial charge in [0.05, 0.1) is 18.4 Å². The van der Waals surface area contributed by atoms with Gasteiger partial charge in [-0.3, -0.25) is 0 Å². The van der Waals surface area contributed by atoms with Crippen molar-refractivity contribution in [3.8, 4) is 11.6 Å². The van der Waals surface area contributed by atoms with Crippen LogP contribution in [0.15, 0.2) is 18.3 Å². The summed E-state index contributed by atoms with van der Waals surface area (Å²) in [5, 5.41) is 19.4. The molecule has 1 saturated carbocycles. The predicted molar refractivity (Wildman–Crippen MR) is 73.1 cm³/mol. The third kappa shape index (κ3) is 3.83. The number of aromatic nitrogens is 1. The average Bonchev–Trinajstić information content (AvgIpc) is 2.37. The molecular formula is C15H23NO3. The molecule has 0 saturated heterocycles. The molecule has 106 valence electrons. The summed E-state index contributed by atoms with van der Waals surface area (Å²) >= 11 is 0. The molecule has 2 rings (SSSR count). The molecule has 0 aromatic carbocycles. The van der Waals surface area contributed by atoms with E-state index >= 15 is 0 Å². The highest BCUT2D eigenvalue weighted by atomic mass is 16.5. The quantitative estimate of drug-likeness (QED) is 0.878. The Morgan fingerprint density at radius 3 is 2.68 bits per heavy atom. The Labute approximate surface area is 114 Å². The fourth-order valence-electron chi connectivity index (χ4n) is 3.00. The summed E-state index contributed by atoms with van der Waals surface area (Å²) in [6.45, 7) is 4.37. The van der Waals surface area contributed by atoms with Crippen LogP contribution in [0.1, 0.15) is 39.5 Å². The third-order valence-electron chi connectivity index (χ3n) is 4.00. The van der Waals surface area contributed by atoms with Crippen LogP contribution < -0.4 is 4.74 Å². The number of nitrogens with zero attached hydrogens (tertiary/aromatic N) is 1. The average molecular weight is 265 g/mol. The van der Waals surface area contributed by atoms with E-state index < -0.39 is 5.60 Å². The molecule has 0 radical (unpaired) electrons. The Bertz CT molecular complexity index is 397. The molecule has 1 aliphatic rings. The smallest absolute Gasteiger partial charge is 0.210 e. The van der Waals surface area contributed by atoms with Gasteiger partial charge in [0.2, 0.25) is 5.88 Å². The van der Waals surface area contributed by atoms with E-state index in [9.17, 15) is 5.11 Å². The van der Waals surface area contributed by atoms with Crippen LogP contribution in [0.3, 0.4) is 0 Å². The molecule has 4 nitrogen and oxygen atoms in total. The molecule has 0 bridgehead atoms. The highest BCUT2D eigenvalue weighted by Gasteiger charge is 2.36. The van der Waals surface area contributed by atoms with Crippen molar-refractivity contribution in [2.24, 2.45) is 11.8 Å². The van der Waals surface area contributed by atoms with Crippen molar-refractivity contribution in [1.82, 2.24) is 4.98 Å². The van der Waals surface area contributed by atoms with E-state index in [1.807, 2.05) is 13.8 Å². The number of hydrogen-bond donors (Lipinski definition) is 2. The van der Waals surface area contributed by atoms with Gasteiger partial charge in [-0.1, -0.05) is 12.8 Å². The molecule has 0 spiro atoms. The monoisotopic (exact) mass is 265 g/mol. The van der Waals surface area contributed by atoms with Gasteiger partial charge < -0.3 is 14.9 Å². The predicted octanol–water partition coefficient (Wildman–Crippen LogP) is 2.74. The van der Waals surface area contributed by atoms with Gasteiger partial charge in [0.1, 0.15) is 5.75 Å². The first-order valence-corrected chi connectivity index (χ1v) is 6.97. The minimum Gasteiger partial charge on any atom is -0.493 e. The molecule has 4 heteroatoms. The number of rotatable bonds is 4. The van der Waals surface area contributed by atoms with Crippen LogP contribution in [-0.4, -0.2) is 27.4 Å². The lowest BCUT2D eigenvalue weighted by atomic mass is 9.72. The minimum absolute atomic E-state index is 0.000570. The van der Waals surface area contributed by atoms with Gasteiger partial charge >= 0.3 is 0 Å². The van der Waals surface area contributed by atoms with Crippen molar-refractivity contribution in [2.75, 3.05) is 6.61 Å². The maximum atomic E-state index is 10.2. The highest BCUT2D eigenvalue weighted by Crippen LogP contribution is 2.37. The van der Waals surface area contributed by atoms with Crippen molar-refractivity contribution in [3.05, 3.63) is 18.3 Å². The zero-order chi connectivity index (χ0) is 13.9. The third-order valence-corrected chi connectivity index (χ3v) is 4.00. The number of hydrogen-bond acceptors (Lipinski definition) is 4. The lowest BCUT2D eigenvalue weighted by molar-refractivity contribution is -0.0378. The first-order valence-electron chi connectivity index (χ1n) is 6.97. The van der Waals surface area contributed by atoms with Gasteiger partial charge in [-0.15, -0.1) is 0 Å². The van der Waals surface area contributed by atoms with Crippen LogP contribution >= 0.6 is 0 Å². The van der Waals surface area contributed by atoms with E-state index in [0.29, 0.717) is 18.3 Å². The Morgan fingerprint density at radius 2 is 2.05 bits per heavy atom. The van der Waals surface area contributed by atoms with Gasteiger partial charge in [0.25, 0.3) is 0 Å². The molecule has 2 atom stereocenters. The lowest BCUT2D eigenvalue weighted by Crippen LogP contribution is -2.40. The summed E-state index contributed by atoms with van der Waals surface area (Å²) in [5.41, 5.74) is -0.651. The van der Waals surface area contributed by atoms with E-state index in [1.54, 1.807) is 6.07 Å². The van der Waals surface area contributed by atoms with Gasteiger partial charge in [-0.25, -0.2) is 4.98 Å². The molecule has 0 aliphatic heterocycles. The Balaban J connectivity index is 1.94. The summed E-state index contributed by atoms with van der Waals surface area (Å²) in [7, 11) is 0. The number of pyridine rings is 1. The largest absolute Gasteiger partial charge is 0.493 e. The van der Waals surface area contributed by atoms with Gasteiger partial charge in [-0.05, 0) is 44.6 Å². The van der Waals surface area contributed by atoms with Crippen LogP contribution in [0, 0.1) is 11.8 Å². The number of aliphatic hydroxyl groups is 1. The Morgan fingerprint density at radius 1 is 1.32 bits per heavy atom. The van der Waals surface area contributed by atoms with Crippen LogP contribution in [0.4, 0.5) is 0 Å². The molecule has 1 fully saturated rings. The topological polar surface area (TPSA) is 62.6 Å². The second-order valence-electron chi connectivity index (χ2n) is 5.97. The zero-order valence-electron chi connectivity index (χ0n) is 11.7. The second-order valence-corrected chi connectivity index (χ2v) is 5.97. The van der Waals surface area contributed by atoms with E-state index in [2.05, 4.69) is 4.98 Å². The normalized spacial score (nSPS) is 24.2. The zero-order valence-corrected chi connectivity index (χ0v) is 11.7.